The number of aromatic carboxylic acids is 1. The quantitative estimate of drug-likeness (QED) is 0.440. The number of fused-ring (bicyclic) bond motifs is 1. The summed E-state index contributed by atoms with van der Waals surface area (Å²) in [6.45, 7) is 1.83. The predicted molar refractivity (Wildman–Crippen MR) is 108 cm³/mol. The highest BCUT2D eigenvalue weighted by molar-refractivity contribution is 6.31. The topological polar surface area (TPSA) is 104 Å². The van der Waals surface area contributed by atoms with Crippen LogP contribution in [0.15, 0.2) is 48.9 Å². The van der Waals surface area contributed by atoms with E-state index in [-0.39, 0.29) is 23.2 Å². The molecule has 1 aromatic carbocycles. The molecule has 9 heteroatoms. The number of benzene rings is 1. The van der Waals surface area contributed by atoms with Gasteiger partial charge in [0, 0.05) is 35.6 Å². The number of H-pyrrole nitrogens is 1. The molecule has 0 radical (unpaired) electrons. The van der Waals surface area contributed by atoms with Crippen molar-refractivity contribution in [1.82, 2.24) is 19.9 Å². The average molecular weight is 412 g/mol. The lowest BCUT2D eigenvalue weighted by Crippen LogP contribution is -2.13. The molecule has 3 heterocycles. The van der Waals surface area contributed by atoms with Gasteiger partial charge in [0.2, 0.25) is 0 Å². The molecule has 3 N–H and O–H groups in total. The molecule has 0 unspecified atom stereocenters. The van der Waals surface area contributed by atoms with Crippen molar-refractivity contribution >= 4 is 34.4 Å². The van der Waals surface area contributed by atoms with E-state index >= 15 is 0 Å². The highest BCUT2D eigenvalue weighted by atomic mass is 35.5. The van der Waals surface area contributed by atoms with Crippen molar-refractivity contribution in [2.45, 2.75) is 13.0 Å². The molecule has 0 aliphatic heterocycles. The minimum absolute atomic E-state index is 0.0706. The second-order valence-electron chi connectivity index (χ2n) is 6.43. The second-order valence-corrected chi connectivity index (χ2v) is 6.87. The number of pyridine rings is 1. The van der Waals surface area contributed by atoms with E-state index in [1.54, 1.807) is 24.4 Å². The normalized spacial score (nSPS) is 12.1. The Bertz CT molecular complexity index is 1210. The summed E-state index contributed by atoms with van der Waals surface area (Å²) in [7, 11) is 0. The van der Waals surface area contributed by atoms with Crippen LogP contribution in [0.4, 0.5) is 10.2 Å². The number of nitrogens with zero attached hydrogens (tertiary/aromatic N) is 3. The molecule has 29 heavy (non-hydrogen) atoms. The Balaban J connectivity index is 1.75. The molecule has 3 aromatic heterocycles. The van der Waals surface area contributed by atoms with Gasteiger partial charge >= 0.3 is 5.97 Å². The number of aromatic nitrogens is 4. The number of hydrogen-bond donors (Lipinski definition) is 3. The van der Waals surface area contributed by atoms with Gasteiger partial charge in [-0.25, -0.2) is 24.1 Å². The molecule has 4 rings (SSSR count). The molecule has 0 fully saturated rings. The maximum atomic E-state index is 13.2. The fourth-order valence-corrected chi connectivity index (χ4v) is 3.14. The summed E-state index contributed by atoms with van der Waals surface area (Å²) < 4.78 is 13.2. The lowest BCUT2D eigenvalue weighted by molar-refractivity contribution is 0.0697. The van der Waals surface area contributed by atoms with Gasteiger partial charge in [-0.3, -0.25) is 0 Å². The van der Waals surface area contributed by atoms with Crippen LogP contribution < -0.4 is 5.32 Å². The molecule has 0 amide bonds. The van der Waals surface area contributed by atoms with E-state index < -0.39 is 5.97 Å². The first kappa shape index (κ1) is 18.8. The fraction of sp³-hybridized carbons (Fsp3) is 0.100. The third-order valence-electron chi connectivity index (χ3n) is 4.48. The van der Waals surface area contributed by atoms with Crippen molar-refractivity contribution in [2.75, 3.05) is 5.32 Å². The maximum Gasteiger partial charge on any atom is 0.341 e. The zero-order valence-corrected chi connectivity index (χ0v) is 15.9. The van der Waals surface area contributed by atoms with Gasteiger partial charge in [0.1, 0.15) is 22.8 Å². The number of carboxylic acids is 1. The molecule has 4 aromatic rings. The van der Waals surface area contributed by atoms with Gasteiger partial charge in [-0.2, -0.15) is 0 Å². The molecule has 0 saturated carbocycles. The van der Waals surface area contributed by atoms with Crippen molar-refractivity contribution in [1.29, 1.82) is 0 Å². The van der Waals surface area contributed by atoms with Gasteiger partial charge < -0.3 is 15.4 Å². The molecule has 0 spiro atoms. The Morgan fingerprint density at radius 1 is 1.24 bits per heavy atom. The highest BCUT2D eigenvalue weighted by Crippen LogP contribution is 2.29. The number of carbonyl (C=O) groups is 1. The molecule has 1 atom stereocenters. The molecular weight excluding hydrogens is 397 g/mol. The van der Waals surface area contributed by atoms with E-state index in [0.29, 0.717) is 22.1 Å². The number of anilines is 1. The van der Waals surface area contributed by atoms with Crippen LogP contribution in [0, 0.1) is 5.82 Å². The summed E-state index contributed by atoms with van der Waals surface area (Å²) in [5.41, 5.74) is 1.97. The number of rotatable bonds is 5. The SMILES string of the molecule is C[C@H](Nc1nc(-c2c[nH]c3ncc(Cl)cc23)ncc1C(=O)O)c1ccc(F)cc1. The van der Waals surface area contributed by atoms with Gasteiger partial charge in [0.05, 0.1) is 5.02 Å². The number of hydrogen-bond acceptors (Lipinski definition) is 5. The Morgan fingerprint density at radius 2 is 2.00 bits per heavy atom. The third-order valence-corrected chi connectivity index (χ3v) is 4.69. The summed E-state index contributed by atoms with van der Waals surface area (Å²) in [6, 6.07) is 7.37. The van der Waals surface area contributed by atoms with E-state index in [1.165, 1.54) is 24.5 Å². The van der Waals surface area contributed by atoms with Crippen LogP contribution in [0.25, 0.3) is 22.4 Å². The Kier molecular flexibility index (Phi) is 4.85. The first-order valence-corrected chi connectivity index (χ1v) is 9.05. The average Bonchev–Trinajstić information content (AvgIpc) is 3.11. The maximum absolute atomic E-state index is 13.2. The minimum Gasteiger partial charge on any atom is -0.477 e. The second kappa shape index (κ2) is 7.48. The van der Waals surface area contributed by atoms with Gasteiger partial charge in [-0.1, -0.05) is 23.7 Å². The Hall–Kier alpha value is -3.52. The van der Waals surface area contributed by atoms with E-state index in [0.717, 1.165) is 10.9 Å². The van der Waals surface area contributed by atoms with Crippen molar-refractivity contribution in [3.05, 3.63) is 70.9 Å². The van der Waals surface area contributed by atoms with Gasteiger partial charge in [0.25, 0.3) is 0 Å². The number of carboxylic acid groups (broad SMARTS) is 1. The van der Waals surface area contributed by atoms with Crippen LogP contribution >= 0.6 is 11.6 Å². The summed E-state index contributed by atoms with van der Waals surface area (Å²) in [5, 5.41) is 13.8. The van der Waals surface area contributed by atoms with E-state index in [9.17, 15) is 14.3 Å². The minimum atomic E-state index is -1.16. The van der Waals surface area contributed by atoms with Gasteiger partial charge in [-0.15, -0.1) is 0 Å². The number of nitrogens with one attached hydrogen (secondary N) is 2. The summed E-state index contributed by atoms with van der Waals surface area (Å²) in [4.78, 5) is 27.5. The molecule has 0 bridgehead atoms. The number of aromatic amines is 1. The standard InChI is InChI=1S/C20H15ClFN5O2/c1-10(11-2-4-13(22)5-3-11)26-19-16(20(28)29)9-25-18(27-19)15-8-24-17-14(15)6-12(21)7-23-17/h2-10H,1H3,(H,23,24)(H,28,29)(H,25,26,27)/t10-/m0/s1. The zero-order valence-electron chi connectivity index (χ0n) is 15.1. The largest absolute Gasteiger partial charge is 0.477 e. The monoisotopic (exact) mass is 411 g/mol. The van der Waals surface area contributed by atoms with Crippen LogP contribution in [0.2, 0.25) is 5.02 Å². The zero-order chi connectivity index (χ0) is 20.5. The highest BCUT2D eigenvalue weighted by Gasteiger charge is 2.19. The predicted octanol–water partition coefficient (Wildman–Crippen LogP) is 4.68. The molecule has 0 saturated heterocycles. The van der Waals surface area contributed by atoms with Gasteiger partial charge in [0.15, 0.2) is 5.82 Å². The van der Waals surface area contributed by atoms with Crippen molar-refractivity contribution in [2.24, 2.45) is 0 Å². The van der Waals surface area contributed by atoms with Crippen molar-refractivity contribution in [3.63, 3.8) is 0 Å². The Morgan fingerprint density at radius 3 is 2.72 bits per heavy atom. The number of halogens is 2. The van der Waals surface area contributed by atoms with Crippen molar-refractivity contribution in [3.8, 4) is 11.4 Å². The lowest BCUT2D eigenvalue weighted by Gasteiger charge is -2.17. The van der Waals surface area contributed by atoms with E-state index in [4.69, 9.17) is 11.6 Å². The van der Waals surface area contributed by atoms with Crippen LogP contribution in [0.1, 0.15) is 28.9 Å². The van der Waals surface area contributed by atoms with Crippen LogP contribution in [0.5, 0.6) is 0 Å². The Labute approximate surface area is 169 Å². The van der Waals surface area contributed by atoms with Crippen molar-refractivity contribution < 1.29 is 14.3 Å². The molecular formula is C20H15ClFN5O2. The summed E-state index contributed by atoms with van der Waals surface area (Å²) >= 11 is 6.05. The smallest absolute Gasteiger partial charge is 0.341 e. The van der Waals surface area contributed by atoms with Crippen LogP contribution in [-0.4, -0.2) is 31.0 Å². The van der Waals surface area contributed by atoms with Gasteiger partial charge in [-0.05, 0) is 30.7 Å². The van der Waals surface area contributed by atoms with E-state index in [2.05, 4.69) is 25.3 Å². The van der Waals surface area contributed by atoms with Crippen LogP contribution in [0.3, 0.4) is 0 Å². The molecule has 0 aliphatic carbocycles. The summed E-state index contributed by atoms with van der Waals surface area (Å²) in [5.74, 6) is -1.03. The first-order valence-electron chi connectivity index (χ1n) is 8.67. The third kappa shape index (κ3) is 3.74. The lowest BCUT2D eigenvalue weighted by atomic mass is 10.1. The molecule has 0 aliphatic rings. The molecule has 7 nitrogen and oxygen atoms in total. The van der Waals surface area contributed by atoms with E-state index in [1.807, 2.05) is 6.92 Å². The molecule has 146 valence electrons. The first-order chi connectivity index (χ1) is 13.9. The summed E-state index contributed by atoms with van der Waals surface area (Å²) in [6.07, 6.45) is 4.47. The van der Waals surface area contributed by atoms with Crippen LogP contribution in [-0.2, 0) is 0 Å². The fourth-order valence-electron chi connectivity index (χ4n) is 2.98.